The van der Waals surface area contributed by atoms with E-state index in [9.17, 15) is 8.42 Å². The second kappa shape index (κ2) is 19.3. The third-order valence-corrected chi connectivity index (χ3v) is 9.73. The molecule has 0 radical (unpaired) electrons. The molecular formula is C28H33CrNO8SSi. The summed E-state index contributed by atoms with van der Waals surface area (Å²) in [5.74, 6) is 1.18. The molecule has 0 aromatic heterocycles. The van der Waals surface area contributed by atoms with E-state index in [1.807, 2.05) is 18.2 Å². The molecule has 0 spiro atoms. The van der Waals surface area contributed by atoms with Crippen LogP contribution in [0.3, 0.4) is 0 Å². The second-order valence-corrected chi connectivity index (χ2v) is 15.5. The number of nitrogens with zero attached hydrogens (tertiary/aromatic N) is 1. The molecule has 3 rings (SSSR count). The van der Waals surface area contributed by atoms with Crippen molar-refractivity contribution in [2.75, 3.05) is 20.5 Å². The first-order chi connectivity index (χ1) is 18.5. The van der Waals surface area contributed by atoms with Crippen LogP contribution in [-0.2, 0) is 52.1 Å². The summed E-state index contributed by atoms with van der Waals surface area (Å²) in [6.07, 6.45) is 2.99. The maximum atomic E-state index is 11.6. The number of oxime groups is 1. The average molecular weight is 624 g/mol. The van der Waals surface area contributed by atoms with Gasteiger partial charge in [0, 0.05) is 23.3 Å². The van der Waals surface area contributed by atoms with Crippen molar-refractivity contribution >= 4 is 29.1 Å². The minimum Gasteiger partial charge on any atom is 0 e. The van der Waals surface area contributed by atoms with Gasteiger partial charge in [0.05, 0.1) is 34.3 Å². The van der Waals surface area contributed by atoms with E-state index in [4.69, 9.17) is 27.7 Å². The minimum atomic E-state index is -3.69. The van der Waals surface area contributed by atoms with Crippen LogP contribution in [0.1, 0.15) is 29.9 Å². The molecule has 0 fully saturated rings. The number of fused-ring (bicyclic) bond motifs is 1. The Morgan fingerprint density at radius 3 is 2.02 bits per heavy atom. The zero-order valence-electron chi connectivity index (χ0n) is 23.2. The van der Waals surface area contributed by atoms with Crippen LogP contribution in [0.4, 0.5) is 0 Å². The molecule has 2 aromatic rings. The summed E-state index contributed by atoms with van der Waals surface area (Å²) in [6.45, 7) is 22.6. The van der Waals surface area contributed by atoms with Gasteiger partial charge in [0.15, 0.2) is 11.5 Å². The summed E-state index contributed by atoms with van der Waals surface area (Å²) in [7, 11) is -2.19. The van der Waals surface area contributed by atoms with E-state index in [1.165, 1.54) is 5.19 Å². The molecular weight excluding hydrogens is 590 g/mol. The van der Waals surface area contributed by atoms with Gasteiger partial charge in [-0.2, -0.15) is 8.42 Å². The van der Waals surface area contributed by atoms with Crippen LogP contribution >= 0.6 is 0 Å². The van der Waals surface area contributed by atoms with Gasteiger partial charge in [-0.1, -0.05) is 59.3 Å². The van der Waals surface area contributed by atoms with Crippen molar-refractivity contribution < 1.29 is 53.5 Å². The van der Waals surface area contributed by atoms with Gasteiger partial charge in [-0.25, -0.2) is 0 Å². The molecule has 0 aliphatic heterocycles. The molecule has 1 atom stereocenters. The van der Waals surface area contributed by atoms with Gasteiger partial charge >= 0.3 is 44.0 Å². The number of allylic oxidation sites excluding steroid dienone is 1. The SMILES string of the molecule is C=C(C[C@@H]1/C(=N\OS(C)(=O)=O)CCc2cc(OC)c(OC)cc21)C[Si](C)(C)c1ccccc1.[C-]#[O+].[C-]#[O+].[C-]#[O+].[Cr]. The van der Waals surface area contributed by atoms with Crippen molar-refractivity contribution in [2.24, 2.45) is 5.16 Å². The van der Waals surface area contributed by atoms with E-state index in [1.54, 1.807) is 14.2 Å². The predicted molar refractivity (Wildman–Crippen MR) is 148 cm³/mol. The van der Waals surface area contributed by atoms with Gasteiger partial charge in [-0.3, -0.25) is 4.28 Å². The van der Waals surface area contributed by atoms with Crippen LogP contribution in [0.5, 0.6) is 11.5 Å². The first-order valence-corrected chi connectivity index (χ1v) is 16.6. The van der Waals surface area contributed by atoms with Crippen molar-refractivity contribution in [2.45, 2.75) is 44.3 Å². The molecule has 0 unspecified atom stereocenters. The number of benzene rings is 2. The molecule has 0 saturated heterocycles. The van der Waals surface area contributed by atoms with Crippen LogP contribution < -0.4 is 14.7 Å². The number of rotatable bonds is 9. The molecule has 1 aliphatic carbocycles. The van der Waals surface area contributed by atoms with Gasteiger partial charge < -0.3 is 9.47 Å². The Kier molecular flexibility index (Phi) is 18.9. The number of aryl methyl sites for hydroxylation is 1. The second-order valence-electron chi connectivity index (χ2n) is 9.20. The van der Waals surface area contributed by atoms with Crippen LogP contribution in [0, 0.1) is 20.0 Å². The van der Waals surface area contributed by atoms with E-state index in [0.29, 0.717) is 30.1 Å². The molecule has 40 heavy (non-hydrogen) atoms. The average Bonchev–Trinajstić information content (AvgIpc) is 2.94. The van der Waals surface area contributed by atoms with Gasteiger partial charge in [0.1, 0.15) is 0 Å². The van der Waals surface area contributed by atoms with Crippen LogP contribution in [0.15, 0.2) is 59.8 Å². The number of ether oxygens (including phenoxy) is 2. The van der Waals surface area contributed by atoms with Gasteiger partial charge in [-0.05, 0) is 48.6 Å². The summed E-state index contributed by atoms with van der Waals surface area (Å²) in [6, 6.07) is 15.5. The fraction of sp³-hybridized carbons (Fsp3) is 0.357. The van der Waals surface area contributed by atoms with Crippen molar-refractivity contribution in [1.82, 2.24) is 0 Å². The first kappa shape index (κ1) is 39.3. The summed E-state index contributed by atoms with van der Waals surface area (Å²) in [4.78, 5) is 0. The molecule has 0 amide bonds. The Morgan fingerprint density at radius 2 is 1.52 bits per heavy atom. The quantitative estimate of drug-likeness (QED) is 0.133. The van der Waals surface area contributed by atoms with E-state index in [0.717, 1.165) is 35.4 Å². The number of hydrogen-bond acceptors (Lipinski definition) is 6. The topological polar surface area (TPSA) is 134 Å². The number of methoxy groups -OCH3 is 2. The smallest absolute Gasteiger partial charge is 0 e. The molecule has 9 nitrogen and oxygen atoms in total. The molecule has 0 N–H and O–H groups in total. The zero-order valence-corrected chi connectivity index (χ0v) is 26.3. The summed E-state index contributed by atoms with van der Waals surface area (Å²) >= 11 is 0. The van der Waals surface area contributed by atoms with E-state index in [-0.39, 0.29) is 23.3 Å². The third-order valence-electron chi connectivity index (χ3n) is 6.10. The summed E-state index contributed by atoms with van der Waals surface area (Å²) < 4.78 is 61.6. The normalized spacial score (nSPS) is 14.5. The Bertz CT molecular complexity index is 1270. The van der Waals surface area contributed by atoms with Crippen molar-refractivity contribution in [1.29, 1.82) is 0 Å². The fourth-order valence-electron chi connectivity index (χ4n) is 4.52. The fourth-order valence-corrected chi connectivity index (χ4v) is 7.45. The van der Waals surface area contributed by atoms with Crippen molar-refractivity contribution in [3.05, 3.63) is 85.7 Å². The Hall–Kier alpha value is -2.83. The number of hydrogen-bond donors (Lipinski definition) is 0. The third kappa shape index (κ3) is 11.7. The largest absolute Gasteiger partial charge is 0 e. The first-order valence-electron chi connectivity index (χ1n) is 11.6. The molecule has 0 heterocycles. The molecule has 12 heteroatoms. The minimum absolute atomic E-state index is 0. The van der Waals surface area contributed by atoms with E-state index < -0.39 is 18.2 Å². The van der Waals surface area contributed by atoms with Gasteiger partial charge in [-0.15, -0.1) is 6.58 Å². The van der Waals surface area contributed by atoms with Crippen LogP contribution in [0.25, 0.3) is 0 Å². The van der Waals surface area contributed by atoms with Crippen LogP contribution in [-0.4, -0.2) is 42.7 Å². The Morgan fingerprint density at radius 1 is 1.00 bits per heavy atom. The molecule has 214 valence electrons. The Balaban J connectivity index is 0. The monoisotopic (exact) mass is 623 g/mol. The van der Waals surface area contributed by atoms with Crippen molar-refractivity contribution in [3.63, 3.8) is 0 Å². The molecule has 0 saturated carbocycles. The maximum absolute atomic E-state index is 11.6. The summed E-state index contributed by atoms with van der Waals surface area (Å²) in [5, 5.41) is 5.45. The van der Waals surface area contributed by atoms with Gasteiger partial charge in [0.2, 0.25) is 0 Å². The summed E-state index contributed by atoms with van der Waals surface area (Å²) in [5.41, 5.74) is 4.02. The van der Waals surface area contributed by atoms with Crippen molar-refractivity contribution in [3.8, 4) is 11.5 Å². The molecule has 1 aliphatic rings. The van der Waals surface area contributed by atoms with Crippen LogP contribution in [0.2, 0.25) is 19.1 Å². The molecule has 0 bridgehead atoms. The standard InChI is InChI=1S/C25H33NO5SSi.3CO.Cr/c1-18(17-33(5,6)20-10-8-7-9-11-20)14-22-21-16-25(30-3)24(29-2)15-19(21)12-13-23(22)26-31-32(4,27)28;3*1-2;/h7-11,15-16,22H,1,12-14,17H2,2-6H3;;;;/b26-23-;;;;/t22-;;;;/m0..../s1. The van der Waals surface area contributed by atoms with E-state index >= 15 is 0 Å². The van der Waals surface area contributed by atoms with E-state index in [2.05, 4.69) is 69.0 Å². The van der Waals surface area contributed by atoms with Gasteiger partial charge in [0.25, 0.3) is 0 Å². The Labute approximate surface area is 249 Å². The predicted octanol–water partition coefficient (Wildman–Crippen LogP) is 4.51. The maximum Gasteiger partial charge on any atom is 0 e. The molecule has 2 aromatic carbocycles. The zero-order chi connectivity index (χ0) is 30.2.